The van der Waals surface area contributed by atoms with Gasteiger partial charge >= 0.3 is 0 Å². The number of carbonyl (C=O) groups excluding carboxylic acids is 1. The minimum absolute atomic E-state index is 0.0186. The van der Waals surface area contributed by atoms with Crippen LogP contribution in [0.2, 0.25) is 0 Å². The standard InChI is InChI=1S/C19H31N3O4S/c1-4-16(5-2)19(23)20-10-11-22(27(3,24)25)18-9-7-6-8-17(18)21-12-14-26-15-13-21/h6-9,16H,4-5,10-15H2,1-3H3,(H,20,23). The lowest BCUT2D eigenvalue weighted by atomic mass is 10.0. The molecule has 1 aromatic rings. The van der Waals surface area contributed by atoms with Gasteiger partial charge in [0.2, 0.25) is 15.9 Å². The maximum absolute atomic E-state index is 12.5. The van der Waals surface area contributed by atoms with Crippen molar-refractivity contribution in [2.75, 3.05) is 54.9 Å². The predicted octanol–water partition coefficient (Wildman–Crippen LogP) is 1.84. The van der Waals surface area contributed by atoms with E-state index in [2.05, 4.69) is 10.2 Å². The molecule has 0 spiro atoms. The molecule has 0 aliphatic carbocycles. The average molecular weight is 398 g/mol. The number of carbonyl (C=O) groups is 1. The van der Waals surface area contributed by atoms with Crippen molar-refractivity contribution in [3.8, 4) is 0 Å². The van der Waals surface area contributed by atoms with Gasteiger partial charge in [0.25, 0.3) is 0 Å². The summed E-state index contributed by atoms with van der Waals surface area (Å²) in [4.78, 5) is 14.3. The molecule has 27 heavy (non-hydrogen) atoms. The van der Waals surface area contributed by atoms with Gasteiger partial charge in [0, 0.05) is 25.6 Å². The second kappa shape index (κ2) is 9.94. The molecular formula is C19H31N3O4S. The van der Waals surface area contributed by atoms with Crippen LogP contribution in [-0.4, -0.2) is 60.0 Å². The second-order valence-corrected chi connectivity index (χ2v) is 8.63. The van der Waals surface area contributed by atoms with Crippen molar-refractivity contribution in [3.63, 3.8) is 0 Å². The van der Waals surface area contributed by atoms with Crippen LogP contribution in [0.25, 0.3) is 0 Å². The van der Waals surface area contributed by atoms with Crippen molar-refractivity contribution in [1.29, 1.82) is 0 Å². The lowest BCUT2D eigenvalue weighted by Gasteiger charge is -2.33. The minimum Gasteiger partial charge on any atom is -0.378 e. The number of amides is 1. The fraction of sp³-hybridized carbons (Fsp3) is 0.632. The number of nitrogens with zero attached hydrogens (tertiary/aromatic N) is 2. The molecule has 1 aromatic carbocycles. The van der Waals surface area contributed by atoms with Crippen LogP contribution in [0.15, 0.2) is 24.3 Å². The van der Waals surface area contributed by atoms with E-state index in [-0.39, 0.29) is 24.9 Å². The maximum atomic E-state index is 12.5. The summed E-state index contributed by atoms with van der Waals surface area (Å²) < 4.78 is 31.7. The fourth-order valence-electron chi connectivity index (χ4n) is 3.30. The van der Waals surface area contributed by atoms with E-state index in [1.54, 1.807) is 0 Å². The summed E-state index contributed by atoms with van der Waals surface area (Å²) in [7, 11) is -3.48. The van der Waals surface area contributed by atoms with Crippen LogP contribution in [0, 0.1) is 5.92 Å². The lowest BCUT2D eigenvalue weighted by molar-refractivity contribution is -0.125. The summed E-state index contributed by atoms with van der Waals surface area (Å²) in [5.41, 5.74) is 1.51. The number of anilines is 2. The molecule has 1 amide bonds. The number of hydrogen-bond donors (Lipinski definition) is 1. The Hall–Kier alpha value is -1.80. The van der Waals surface area contributed by atoms with E-state index in [1.165, 1.54) is 10.6 Å². The molecule has 8 heteroatoms. The molecule has 1 N–H and O–H groups in total. The van der Waals surface area contributed by atoms with Gasteiger partial charge in [-0.3, -0.25) is 9.10 Å². The summed E-state index contributed by atoms with van der Waals surface area (Å²) in [6.45, 7) is 7.13. The molecule has 0 aromatic heterocycles. The number of sulfonamides is 1. The molecule has 152 valence electrons. The number of nitrogens with one attached hydrogen (secondary N) is 1. The Morgan fingerprint density at radius 3 is 2.44 bits per heavy atom. The molecule has 0 saturated carbocycles. The highest BCUT2D eigenvalue weighted by atomic mass is 32.2. The van der Waals surface area contributed by atoms with Crippen LogP contribution in [0.1, 0.15) is 26.7 Å². The quantitative estimate of drug-likeness (QED) is 0.688. The molecule has 0 bridgehead atoms. The Morgan fingerprint density at radius 2 is 1.85 bits per heavy atom. The number of morpholine rings is 1. The van der Waals surface area contributed by atoms with Gasteiger partial charge in [-0.2, -0.15) is 0 Å². The first kappa shape index (κ1) is 21.5. The van der Waals surface area contributed by atoms with Gasteiger partial charge in [0.05, 0.1) is 37.4 Å². The fourth-order valence-corrected chi connectivity index (χ4v) is 4.23. The SMILES string of the molecule is CCC(CC)C(=O)NCCN(c1ccccc1N1CCOCC1)S(C)(=O)=O. The Bertz CT molecular complexity index is 713. The molecule has 1 fully saturated rings. The maximum Gasteiger partial charge on any atom is 0.232 e. The molecule has 1 heterocycles. The van der Waals surface area contributed by atoms with Crippen molar-refractivity contribution in [1.82, 2.24) is 5.32 Å². The zero-order valence-corrected chi connectivity index (χ0v) is 17.3. The smallest absolute Gasteiger partial charge is 0.232 e. The number of benzene rings is 1. The van der Waals surface area contributed by atoms with Gasteiger partial charge in [-0.1, -0.05) is 26.0 Å². The molecule has 0 unspecified atom stereocenters. The largest absolute Gasteiger partial charge is 0.378 e. The number of hydrogen-bond acceptors (Lipinski definition) is 5. The first-order valence-electron chi connectivity index (χ1n) is 9.55. The summed E-state index contributed by atoms with van der Waals surface area (Å²) in [5.74, 6) is -0.0489. The molecule has 1 aliphatic rings. The third-order valence-electron chi connectivity index (χ3n) is 4.87. The Balaban J connectivity index is 2.17. The summed E-state index contributed by atoms with van der Waals surface area (Å²) in [5, 5.41) is 2.88. The molecule has 1 saturated heterocycles. The Morgan fingerprint density at radius 1 is 1.22 bits per heavy atom. The van der Waals surface area contributed by atoms with Gasteiger partial charge in [-0.05, 0) is 25.0 Å². The van der Waals surface area contributed by atoms with Crippen LogP contribution in [0.4, 0.5) is 11.4 Å². The van der Waals surface area contributed by atoms with Gasteiger partial charge in [0.1, 0.15) is 0 Å². The monoisotopic (exact) mass is 397 g/mol. The highest BCUT2D eigenvalue weighted by Crippen LogP contribution is 2.31. The van der Waals surface area contributed by atoms with Crippen molar-refractivity contribution in [2.24, 2.45) is 5.92 Å². The van der Waals surface area contributed by atoms with Gasteiger partial charge in [-0.25, -0.2) is 8.42 Å². The van der Waals surface area contributed by atoms with E-state index >= 15 is 0 Å². The van der Waals surface area contributed by atoms with Crippen LogP contribution >= 0.6 is 0 Å². The zero-order valence-electron chi connectivity index (χ0n) is 16.5. The van der Waals surface area contributed by atoms with E-state index in [4.69, 9.17) is 4.74 Å². The molecule has 0 radical (unpaired) electrons. The molecule has 2 rings (SSSR count). The van der Waals surface area contributed by atoms with Crippen molar-refractivity contribution >= 4 is 27.3 Å². The average Bonchev–Trinajstić information content (AvgIpc) is 2.66. The van der Waals surface area contributed by atoms with Gasteiger partial charge in [-0.15, -0.1) is 0 Å². The van der Waals surface area contributed by atoms with Crippen molar-refractivity contribution in [2.45, 2.75) is 26.7 Å². The van der Waals surface area contributed by atoms with Crippen molar-refractivity contribution < 1.29 is 17.9 Å². The number of ether oxygens (including phenoxy) is 1. The van der Waals surface area contributed by atoms with Crippen LogP contribution in [-0.2, 0) is 19.6 Å². The van der Waals surface area contributed by atoms with E-state index in [0.29, 0.717) is 18.9 Å². The summed E-state index contributed by atoms with van der Waals surface area (Å²) in [6.07, 6.45) is 2.75. The van der Waals surface area contributed by atoms with E-state index in [1.807, 2.05) is 38.1 Å². The molecule has 7 nitrogen and oxygen atoms in total. The van der Waals surface area contributed by atoms with Crippen LogP contribution < -0.4 is 14.5 Å². The Kier molecular flexibility index (Phi) is 7.91. The van der Waals surface area contributed by atoms with Gasteiger partial charge in [0.15, 0.2) is 0 Å². The minimum atomic E-state index is -3.48. The zero-order chi connectivity index (χ0) is 19.9. The molecule has 0 atom stereocenters. The molecule has 1 aliphatic heterocycles. The second-order valence-electron chi connectivity index (χ2n) is 6.73. The van der Waals surface area contributed by atoms with E-state index in [9.17, 15) is 13.2 Å². The van der Waals surface area contributed by atoms with E-state index < -0.39 is 10.0 Å². The lowest BCUT2D eigenvalue weighted by Crippen LogP contribution is -2.42. The van der Waals surface area contributed by atoms with E-state index in [0.717, 1.165) is 31.6 Å². The molecular weight excluding hydrogens is 366 g/mol. The first-order valence-corrected chi connectivity index (χ1v) is 11.4. The summed E-state index contributed by atoms with van der Waals surface area (Å²) in [6, 6.07) is 7.49. The Labute approximate surface area is 162 Å². The summed E-state index contributed by atoms with van der Waals surface area (Å²) >= 11 is 0. The first-order chi connectivity index (χ1) is 12.9. The van der Waals surface area contributed by atoms with Crippen LogP contribution in [0.3, 0.4) is 0 Å². The van der Waals surface area contributed by atoms with Gasteiger partial charge < -0.3 is 15.0 Å². The highest BCUT2D eigenvalue weighted by Gasteiger charge is 2.24. The van der Waals surface area contributed by atoms with Crippen molar-refractivity contribution in [3.05, 3.63) is 24.3 Å². The highest BCUT2D eigenvalue weighted by molar-refractivity contribution is 7.92. The third-order valence-corrected chi connectivity index (χ3v) is 6.05. The predicted molar refractivity (Wildman–Crippen MR) is 109 cm³/mol. The third kappa shape index (κ3) is 5.84. The normalized spacial score (nSPS) is 15.0. The number of para-hydroxylation sites is 2. The topological polar surface area (TPSA) is 79.0 Å². The number of rotatable bonds is 9. The van der Waals surface area contributed by atoms with Crippen LogP contribution in [0.5, 0.6) is 0 Å².